The molecule has 0 amide bonds. The van der Waals surface area contributed by atoms with Gasteiger partial charge in [-0.2, -0.15) is 0 Å². The third kappa shape index (κ3) is 6.91. The van der Waals surface area contributed by atoms with Gasteiger partial charge in [-0.25, -0.2) is 0 Å². The number of hydrogen-bond acceptors (Lipinski definition) is 2. The Labute approximate surface area is 91.4 Å². The van der Waals surface area contributed by atoms with E-state index in [-0.39, 0.29) is 6.61 Å². The summed E-state index contributed by atoms with van der Waals surface area (Å²) < 4.78 is 5.31. The Kier molecular flexibility index (Phi) is 7.64. The minimum absolute atomic E-state index is 0.257. The lowest BCUT2D eigenvalue weighted by Crippen LogP contribution is -2.16. The van der Waals surface area contributed by atoms with Gasteiger partial charge in [0.05, 0.1) is 19.1 Å². The van der Waals surface area contributed by atoms with Crippen LogP contribution in [0.3, 0.4) is 0 Å². The van der Waals surface area contributed by atoms with E-state index in [4.69, 9.17) is 9.84 Å². The maximum atomic E-state index is 10.5. The number of hydrogen-bond donors (Lipinski definition) is 1. The summed E-state index contributed by atoms with van der Waals surface area (Å²) >= 11 is 0. The van der Waals surface area contributed by atoms with Crippen molar-refractivity contribution in [3.8, 4) is 0 Å². The van der Waals surface area contributed by atoms with Gasteiger partial charge in [0.25, 0.3) is 0 Å². The number of ether oxygens (including phenoxy) is 1. The van der Waals surface area contributed by atoms with Crippen molar-refractivity contribution in [3.63, 3.8) is 0 Å². The number of carboxylic acids is 1. The minimum atomic E-state index is -0.818. The van der Waals surface area contributed by atoms with Gasteiger partial charge < -0.3 is 9.84 Å². The molecule has 0 heterocycles. The van der Waals surface area contributed by atoms with Gasteiger partial charge in [0.15, 0.2) is 0 Å². The molecule has 0 aromatic rings. The van der Waals surface area contributed by atoms with Crippen LogP contribution in [0.5, 0.6) is 0 Å². The first-order valence-electron chi connectivity index (χ1n) is 5.24. The zero-order chi connectivity index (χ0) is 11.7. The second-order valence-electron chi connectivity index (χ2n) is 3.43. The standard InChI is InChI=1S/C12H20O3/c1-4-6-7-11(5-2)9-15-8-10(3)12(13)14/h5-7,10H,4,8-9H2,1-3H3,(H,13,14)/b7-6-,11-5+/t10-/m0/s1. The maximum Gasteiger partial charge on any atom is 0.308 e. The molecule has 3 heteroatoms. The van der Waals surface area contributed by atoms with E-state index in [9.17, 15) is 4.79 Å². The van der Waals surface area contributed by atoms with Crippen LogP contribution >= 0.6 is 0 Å². The summed E-state index contributed by atoms with van der Waals surface area (Å²) in [6.07, 6.45) is 7.02. The van der Waals surface area contributed by atoms with Gasteiger partial charge in [-0.1, -0.05) is 25.2 Å². The van der Waals surface area contributed by atoms with E-state index in [1.54, 1.807) is 6.92 Å². The maximum absolute atomic E-state index is 10.5. The number of carboxylic acid groups (broad SMARTS) is 1. The summed E-state index contributed by atoms with van der Waals surface area (Å²) in [4.78, 5) is 10.5. The number of carbonyl (C=O) groups is 1. The van der Waals surface area contributed by atoms with Crippen molar-refractivity contribution in [1.82, 2.24) is 0 Å². The lowest BCUT2D eigenvalue weighted by atomic mass is 10.2. The third-order valence-electron chi connectivity index (χ3n) is 2.00. The van der Waals surface area contributed by atoms with E-state index >= 15 is 0 Å². The van der Waals surface area contributed by atoms with Crippen LogP contribution in [0.4, 0.5) is 0 Å². The molecule has 3 nitrogen and oxygen atoms in total. The normalized spacial score (nSPS) is 14.5. The van der Waals surface area contributed by atoms with Crippen molar-refractivity contribution in [2.45, 2.75) is 27.2 Å². The van der Waals surface area contributed by atoms with Gasteiger partial charge in [0.1, 0.15) is 0 Å². The molecule has 0 aliphatic heterocycles. The second-order valence-corrected chi connectivity index (χ2v) is 3.43. The molecule has 0 aliphatic carbocycles. The van der Waals surface area contributed by atoms with E-state index in [1.807, 2.05) is 19.1 Å². The van der Waals surface area contributed by atoms with E-state index in [2.05, 4.69) is 13.0 Å². The van der Waals surface area contributed by atoms with Gasteiger partial charge in [-0.05, 0) is 25.8 Å². The number of aliphatic carboxylic acids is 1. The predicted molar refractivity (Wildman–Crippen MR) is 60.8 cm³/mol. The smallest absolute Gasteiger partial charge is 0.308 e. The SMILES string of the molecule is C/C=C(\C=C/CC)COC[C@H](C)C(=O)O. The van der Waals surface area contributed by atoms with Crippen LogP contribution in [0.2, 0.25) is 0 Å². The highest BCUT2D eigenvalue weighted by Gasteiger charge is 2.10. The first kappa shape index (κ1) is 13.9. The molecule has 0 unspecified atom stereocenters. The van der Waals surface area contributed by atoms with Crippen LogP contribution < -0.4 is 0 Å². The van der Waals surface area contributed by atoms with E-state index < -0.39 is 11.9 Å². The van der Waals surface area contributed by atoms with Gasteiger partial charge in [-0.3, -0.25) is 4.79 Å². The minimum Gasteiger partial charge on any atom is -0.481 e. The molecule has 0 bridgehead atoms. The molecule has 0 saturated heterocycles. The van der Waals surface area contributed by atoms with Crippen molar-refractivity contribution < 1.29 is 14.6 Å². The molecular formula is C12H20O3. The fraction of sp³-hybridized carbons (Fsp3) is 0.583. The summed E-state index contributed by atoms with van der Waals surface area (Å²) in [6.45, 7) is 6.38. The monoisotopic (exact) mass is 212 g/mol. The topological polar surface area (TPSA) is 46.5 Å². The molecule has 1 N–H and O–H groups in total. The molecule has 0 radical (unpaired) electrons. The molecular weight excluding hydrogens is 192 g/mol. The Bertz CT molecular complexity index is 241. The largest absolute Gasteiger partial charge is 0.481 e. The first-order valence-corrected chi connectivity index (χ1v) is 5.24. The van der Waals surface area contributed by atoms with Crippen molar-refractivity contribution in [1.29, 1.82) is 0 Å². The Balaban J connectivity index is 3.83. The third-order valence-corrected chi connectivity index (χ3v) is 2.00. The average Bonchev–Trinajstić information content (AvgIpc) is 2.22. The van der Waals surface area contributed by atoms with Crippen LogP contribution in [0, 0.1) is 5.92 Å². The van der Waals surface area contributed by atoms with E-state index in [1.165, 1.54) is 0 Å². The molecule has 15 heavy (non-hydrogen) atoms. The molecule has 0 aromatic carbocycles. The highest BCUT2D eigenvalue weighted by atomic mass is 16.5. The summed E-state index contributed by atoms with van der Waals surface area (Å²) in [5.41, 5.74) is 1.08. The van der Waals surface area contributed by atoms with Crippen LogP contribution in [0.15, 0.2) is 23.8 Å². The van der Waals surface area contributed by atoms with E-state index in [0.717, 1.165) is 12.0 Å². The highest BCUT2D eigenvalue weighted by molar-refractivity contribution is 5.69. The van der Waals surface area contributed by atoms with Crippen LogP contribution in [-0.2, 0) is 9.53 Å². The lowest BCUT2D eigenvalue weighted by molar-refractivity contribution is -0.142. The van der Waals surface area contributed by atoms with Crippen LogP contribution in [0.25, 0.3) is 0 Å². The van der Waals surface area contributed by atoms with E-state index in [0.29, 0.717) is 6.61 Å². The van der Waals surface area contributed by atoms with Crippen molar-refractivity contribution in [3.05, 3.63) is 23.8 Å². The summed E-state index contributed by atoms with van der Waals surface area (Å²) in [5.74, 6) is -1.26. The van der Waals surface area contributed by atoms with Crippen molar-refractivity contribution in [2.24, 2.45) is 5.92 Å². The zero-order valence-corrected chi connectivity index (χ0v) is 9.69. The summed E-state index contributed by atoms with van der Waals surface area (Å²) in [5, 5.41) is 8.64. The molecule has 0 aromatic heterocycles. The van der Waals surface area contributed by atoms with Crippen LogP contribution in [0.1, 0.15) is 27.2 Å². The predicted octanol–water partition coefficient (Wildman–Crippen LogP) is 2.64. The van der Waals surface area contributed by atoms with Crippen molar-refractivity contribution in [2.75, 3.05) is 13.2 Å². The molecule has 86 valence electrons. The molecule has 0 aliphatic rings. The Morgan fingerprint density at radius 2 is 2.20 bits per heavy atom. The Morgan fingerprint density at radius 3 is 2.67 bits per heavy atom. The lowest BCUT2D eigenvalue weighted by Gasteiger charge is -2.07. The molecule has 0 fully saturated rings. The fourth-order valence-electron chi connectivity index (χ4n) is 0.922. The summed E-state index contributed by atoms with van der Waals surface area (Å²) in [7, 11) is 0. The quantitative estimate of drug-likeness (QED) is 0.660. The second kappa shape index (κ2) is 8.24. The average molecular weight is 212 g/mol. The van der Waals surface area contributed by atoms with Gasteiger partial charge in [0.2, 0.25) is 0 Å². The summed E-state index contributed by atoms with van der Waals surface area (Å²) in [6, 6.07) is 0. The molecule has 1 atom stereocenters. The Morgan fingerprint density at radius 1 is 1.53 bits per heavy atom. The van der Waals surface area contributed by atoms with Crippen LogP contribution in [-0.4, -0.2) is 24.3 Å². The zero-order valence-electron chi connectivity index (χ0n) is 9.69. The molecule has 0 spiro atoms. The number of allylic oxidation sites excluding steroid dienone is 2. The molecule has 0 rings (SSSR count). The highest BCUT2D eigenvalue weighted by Crippen LogP contribution is 2.02. The number of rotatable bonds is 7. The van der Waals surface area contributed by atoms with Crippen molar-refractivity contribution >= 4 is 5.97 Å². The Hall–Kier alpha value is -1.09. The van der Waals surface area contributed by atoms with Gasteiger partial charge >= 0.3 is 5.97 Å². The van der Waals surface area contributed by atoms with Gasteiger partial charge in [-0.15, -0.1) is 0 Å². The fourth-order valence-corrected chi connectivity index (χ4v) is 0.922. The molecule has 0 saturated carbocycles. The van der Waals surface area contributed by atoms with Gasteiger partial charge in [0, 0.05) is 0 Å². The first-order chi connectivity index (χ1) is 7.11.